The summed E-state index contributed by atoms with van der Waals surface area (Å²) in [6.45, 7) is 2.03. The van der Waals surface area contributed by atoms with E-state index >= 15 is 0 Å². The Balaban J connectivity index is 1.83. The number of ether oxygens (including phenoxy) is 1. The Labute approximate surface area is 139 Å². The molecule has 1 amide bonds. The van der Waals surface area contributed by atoms with E-state index in [9.17, 15) is 4.79 Å². The minimum atomic E-state index is -0.233. The summed E-state index contributed by atoms with van der Waals surface area (Å²) in [6, 6.07) is 11.1. The third-order valence-corrected chi connectivity index (χ3v) is 4.16. The van der Waals surface area contributed by atoms with Crippen molar-refractivity contribution in [1.82, 2.24) is 10.6 Å². The fourth-order valence-electron chi connectivity index (χ4n) is 1.96. The van der Waals surface area contributed by atoms with Gasteiger partial charge in [0.05, 0.1) is 7.11 Å². The Morgan fingerprint density at radius 3 is 2.64 bits per heavy atom. The zero-order chi connectivity index (χ0) is 15.9. The van der Waals surface area contributed by atoms with Crippen LogP contribution in [0.3, 0.4) is 0 Å². The number of hydrogen-bond donors (Lipinski definition) is 2. The van der Waals surface area contributed by atoms with E-state index in [0.29, 0.717) is 16.4 Å². The molecule has 2 aromatic rings. The van der Waals surface area contributed by atoms with Crippen molar-refractivity contribution in [2.45, 2.75) is 19.4 Å². The Kier molecular flexibility index (Phi) is 5.91. The van der Waals surface area contributed by atoms with E-state index in [-0.39, 0.29) is 11.9 Å². The van der Waals surface area contributed by atoms with Crippen molar-refractivity contribution in [3.05, 3.63) is 52.2 Å². The molecule has 2 N–H and O–H groups in total. The molecule has 0 bridgehead atoms. The van der Waals surface area contributed by atoms with Gasteiger partial charge in [0, 0.05) is 22.9 Å². The van der Waals surface area contributed by atoms with E-state index in [1.54, 1.807) is 42.7 Å². The number of hydrogen-bond acceptors (Lipinski definition) is 4. The van der Waals surface area contributed by atoms with Crippen LogP contribution in [0.1, 0.15) is 22.2 Å². The molecule has 0 radical (unpaired) electrons. The highest BCUT2D eigenvalue weighted by molar-refractivity contribution is 7.80. The quantitative estimate of drug-likeness (QED) is 0.826. The van der Waals surface area contributed by atoms with Gasteiger partial charge >= 0.3 is 0 Å². The van der Waals surface area contributed by atoms with Crippen LogP contribution in [-0.2, 0) is 6.42 Å². The van der Waals surface area contributed by atoms with E-state index in [1.165, 1.54) is 4.88 Å². The average molecular weight is 334 g/mol. The number of amides is 1. The summed E-state index contributed by atoms with van der Waals surface area (Å²) in [6.07, 6.45) is 0.871. The second-order valence-electron chi connectivity index (χ2n) is 4.84. The lowest BCUT2D eigenvalue weighted by Gasteiger charge is -2.15. The lowest BCUT2D eigenvalue weighted by Crippen LogP contribution is -2.43. The first-order valence-electron chi connectivity index (χ1n) is 6.86. The zero-order valence-corrected chi connectivity index (χ0v) is 14.1. The van der Waals surface area contributed by atoms with Crippen LogP contribution in [0, 0.1) is 0 Å². The van der Waals surface area contributed by atoms with Crippen molar-refractivity contribution in [3.8, 4) is 5.75 Å². The molecule has 0 saturated heterocycles. The summed E-state index contributed by atoms with van der Waals surface area (Å²) in [5, 5.41) is 8.20. The number of methoxy groups -OCH3 is 1. The fourth-order valence-corrected chi connectivity index (χ4v) is 3.09. The summed E-state index contributed by atoms with van der Waals surface area (Å²) in [4.78, 5) is 13.4. The van der Waals surface area contributed by atoms with Crippen molar-refractivity contribution in [3.63, 3.8) is 0 Å². The lowest BCUT2D eigenvalue weighted by atomic mass is 10.2. The number of carbonyl (C=O) groups excluding carboxylic acids is 1. The molecule has 1 atom stereocenters. The number of benzene rings is 1. The normalized spacial score (nSPS) is 11.5. The van der Waals surface area contributed by atoms with Crippen LogP contribution in [0.25, 0.3) is 0 Å². The van der Waals surface area contributed by atoms with Crippen LogP contribution < -0.4 is 15.4 Å². The predicted octanol–water partition coefficient (Wildman–Crippen LogP) is 2.99. The number of thiophene rings is 1. The van der Waals surface area contributed by atoms with Gasteiger partial charge in [-0.3, -0.25) is 10.1 Å². The van der Waals surface area contributed by atoms with Gasteiger partial charge in [0.15, 0.2) is 5.11 Å². The van der Waals surface area contributed by atoms with Gasteiger partial charge < -0.3 is 10.1 Å². The molecule has 0 aliphatic heterocycles. The Morgan fingerprint density at radius 1 is 1.32 bits per heavy atom. The summed E-state index contributed by atoms with van der Waals surface area (Å²) in [7, 11) is 1.59. The molecule has 0 aliphatic carbocycles. The topological polar surface area (TPSA) is 50.4 Å². The van der Waals surface area contributed by atoms with Crippen molar-refractivity contribution in [2.24, 2.45) is 0 Å². The van der Waals surface area contributed by atoms with E-state index in [4.69, 9.17) is 17.0 Å². The van der Waals surface area contributed by atoms with E-state index in [1.807, 2.05) is 18.4 Å². The van der Waals surface area contributed by atoms with Crippen LogP contribution in [-0.4, -0.2) is 24.2 Å². The molecule has 0 fully saturated rings. The largest absolute Gasteiger partial charge is 0.497 e. The van der Waals surface area contributed by atoms with E-state index in [2.05, 4.69) is 16.7 Å². The molecule has 22 heavy (non-hydrogen) atoms. The Morgan fingerprint density at radius 2 is 2.05 bits per heavy atom. The summed E-state index contributed by atoms with van der Waals surface area (Å²) < 4.78 is 5.06. The average Bonchev–Trinajstić information content (AvgIpc) is 2.99. The van der Waals surface area contributed by atoms with E-state index < -0.39 is 0 Å². The monoisotopic (exact) mass is 334 g/mol. The summed E-state index contributed by atoms with van der Waals surface area (Å²) in [5.74, 6) is 0.477. The van der Waals surface area contributed by atoms with Crippen molar-refractivity contribution >= 4 is 34.6 Å². The highest BCUT2D eigenvalue weighted by Gasteiger charge is 2.10. The van der Waals surface area contributed by atoms with Gasteiger partial charge in [-0.2, -0.15) is 0 Å². The number of carbonyl (C=O) groups is 1. The lowest BCUT2D eigenvalue weighted by molar-refractivity contribution is 0.0976. The third kappa shape index (κ3) is 4.82. The molecule has 1 aromatic carbocycles. The van der Waals surface area contributed by atoms with Gasteiger partial charge in [-0.25, -0.2) is 0 Å². The SMILES string of the molecule is COc1ccc(C(=O)NC(=S)N[C@@H](C)Cc2cccs2)cc1. The van der Waals surface area contributed by atoms with Crippen LogP contribution >= 0.6 is 23.6 Å². The number of thiocarbonyl (C=S) groups is 1. The predicted molar refractivity (Wildman–Crippen MR) is 93.7 cm³/mol. The summed E-state index contributed by atoms with van der Waals surface area (Å²) >= 11 is 6.90. The molecule has 0 unspecified atom stereocenters. The van der Waals surface area contributed by atoms with Crippen LogP contribution in [0.5, 0.6) is 5.75 Å². The van der Waals surface area contributed by atoms with Gasteiger partial charge in [-0.15, -0.1) is 11.3 Å². The maximum absolute atomic E-state index is 12.1. The number of nitrogens with one attached hydrogen (secondary N) is 2. The maximum Gasteiger partial charge on any atom is 0.257 e. The van der Waals surface area contributed by atoms with Crippen LogP contribution in [0.15, 0.2) is 41.8 Å². The van der Waals surface area contributed by atoms with Gasteiger partial charge in [0.2, 0.25) is 0 Å². The first kappa shape index (κ1) is 16.5. The smallest absolute Gasteiger partial charge is 0.257 e. The van der Waals surface area contributed by atoms with Gasteiger partial charge in [0.1, 0.15) is 5.75 Å². The van der Waals surface area contributed by atoms with Crippen molar-refractivity contribution in [1.29, 1.82) is 0 Å². The van der Waals surface area contributed by atoms with Crippen LogP contribution in [0.2, 0.25) is 0 Å². The van der Waals surface area contributed by atoms with Gasteiger partial charge in [0.25, 0.3) is 5.91 Å². The fraction of sp³-hybridized carbons (Fsp3) is 0.250. The highest BCUT2D eigenvalue weighted by Crippen LogP contribution is 2.12. The molecule has 1 aromatic heterocycles. The summed E-state index contributed by atoms with van der Waals surface area (Å²) in [5.41, 5.74) is 0.538. The van der Waals surface area contributed by atoms with Gasteiger partial charge in [-0.1, -0.05) is 6.07 Å². The minimum absolute atomic E-state index is 0.155. The molecular formula is C16H18N2O2S2. The molecule has 6 heteroatoms. The first-order chi connectivity index (χ1) is 10.6. The minimum Gasteiger partial charge on any atom is -0.497 e. The first-order valence-corrected chi connectivity index (χ1v) is 8.15. The second-order valence-corrected chi connectivity index (χ2v) is 6.28. The molecule has 0 saturated carbocycles. The van der Waals surface area contributed by atoms with E-state index in [0.717, 1.165) is 6.42 Å². The molecule has 4 nitrogen and oxygen atoms in total. The zero-order valence-electron chi connectivity index (χ0n) is 12.5. The number of rotatable bonds is 5. The molecular weight excluding hydrogens is 316 g/mol. The maximum atomic E-state index is 12.1. The van der Waals surface area contributed by atoms with Gasteiger partial charge in [-0.05, 0) is 54.9 Å². The highest BCUT2D eigenvalue weighted by atomic mass is 32.1. The van der Waals surface area contributed by atoms with Crippen molar-refractivity contribution < 1.29 is 9.53 Å². The Bertz CT molecular complexity index is 624. The standard InChI is InChI=1S/C16H18N2O2S2/c1-11(10-14-4-3-9-22-14)17-16(21)18-15(19)12-5-7-13(20-2)8-6-12/h3-9,11H,10H2,1-2H3,(H2,17,18,19,21)/t11-/m0/s1. The van der Waals surface area contributed by atoms with Crippen molar-refractivity contribution in [2.75, 3.05) is 7.11 Å². The van der Waals surface area contributed by atoms with Crippen LogP contribution in [0.4, 0.5) is 0 Å². The Hall–Kier alpha value is -1.92. The molecule has 1 heterocycles. The molecule has 116 valence electrons. The molecule has 0 spiro atoms. The molecule has 2 rings (SSSR count). The third-order valence-electron chi connectivity index (χ3n) is 3.04. The molecule has 0 aliphatic rings. The second kappa shape index (κ2) is 7.91.